The first-order valence-electron chi connectivity index (χ1n) is 7.95. The lowest BCUT2D eigenvalue weighted by Crippen LogP contribution is -2.11. The Morgan fingerprint density at radius 3 is 1.67 bits per heavy atom. The van der Waals surface area contributed by atoms with Gasteiger partial charge in [-0.1, -0.05) is 76.2 Å². The predicted octanol–water partition coefficient (Wildman–Crippen LogP) is 6.11. The summed E-state index contributed by atoms with van der Waals surface area (Å²) >= 11 is 0. The normalized spacial score (nSPS) is 12.7. The third-order valence-corrected chi connectivity index (χ3v) is 4.03. The number of hydrogen-bond donors (Lipinski definition) is 1. The van der Waals surface area contributed by atoms with Crippen molar-refractivity contribution in [1.82, 2.24) is 0 Å². The van der Waals surface area contributed by atoms with Crippen molar-refractivity contribution < 1.29 is 0 Å². The van der Waals surface area contributed by atoms with Crippen LogP contribution >= 0.6 is 0 Å². The van der Waals surface area contributed by atoms with Crippen molar-refractivity contribution in [3.8, 4) is 0 Å². The Bertz CT molecular complexity index is 543. The fourth-order valence-electron chi connectivity index (χ4n) is 2.76. The summed E-state index contributed by atoms with van der Waals surface area (Å²) in [5, 5.41) is 3.76. The van der Waals surface area contributed by atoms with E-state index in [2.05, 4.69) is 88.5 Å². The van der Waals surface area contributed by atoms with Crippen LogP contribution in [0.1, 0.15) is 69.2 Å². The summed E-state index contributed by atoms with van der Waals surface area (Å²) in [4.78, 5) is 0. The molecule has 1 heteroatoms. The lowest BCUT2D eigenvalue weighted by atomic mass is 9.92. The van der Waals surface area contributed by atoms with Gasteiger partial charge in [0, 0.05) is 11.7 Å². The molecule has 0 amide bonds. The van der Waals surface area contributed by atoms with Gasteiger partial charge in [0.25, 0.3) is 0 Å². The first-order chi connectivity index (χ1) is 10.0. The van der Waals surface area contributed by atoms with Crippen LogP contribution in [0.3, 0.4) is 0 Å². The van der Waals surface area contributed by atoms with Crippen LogP contribution in [0.2, 0.25) is 0 Å². The summed E-state index contributed by atoms with van der Waals surface area (Å²) < 4.78 is 0. The second kappa shape index (κ2) is 6.80. The van der Waals surface area contributed by atoms with Gasteiger partial charge in [0.2, 0.25) is 0 Å². The molecule has 0 aliphatic carbocycles. The molecule has 0 saturated heterocycles. The van der Waals surface area contributed by atoms with Crippen molar-refractivity contribution in [2.75, 3.05) is 5.32 Å². The van der Waals surface area contributed by atoms with Crippen LogP contribution in [0.4, 0.5) is 5.69 Å². The van der Waals surface area contributed by atoms with Gasteiger partial charge in [-0.3, -0.25) is 0 Å². The van der Waals surface area contributed by atoms with Crippen molar-refractivity contribution in [2.24, 2.45) is 0 Å². The molecule has 0 saturated carbocycles. The largest absolute Gasteiger partial charge is 0.378 e. The Morgan fingerprint density at radius 1 is 0.667 bits per heavy atom. The van der Waals surface area contributed by atoms with Gasteiger partial charge in [-0.2, -0.15) is 0 Å². The second-order valence-corrected chi connectivity index (χ2v) is 6.40. The van der Waals surface area contributed by atoms with Crippen LogP contribution < -0.4 is 5.32 Å². The zero-order valence-corrected chi connectivity index (χ0v) is 13.9. The molecule has 0 fully saturated rings. The van der Waals surface area contributed by atoms with E-state index in [0.717, 1.165) is 0 Å². The minimum Gasteiger partial charge on any atom is -0.378 e. The number of nitrogens with one attached hydrogen (secondary N) is 1. The molecule has 0 radical (unpaired) electrons. The standard InChI is InChI=1S/C20H27N/c1-14(2)18-12-9-13-19(15(3)4)20(18)21-16(5)17-10-7-6-8-11-17/h6-16,21H,1-5H3. The van der Waals surface area contributed by atoms with Crippen molar-refractivity contribution in [3.63, 3.8) is 0 Å². The summed E-state index contributed by atoms with van der Waals surface area (Å²) in [5.74, 6) is 1.04. The monoisotopic (exact) mass is 281 g/mol. The fraction of sp³-hybridized carbons (Fsp3) is 0.400. The van der Waals surface area contributed by atoms with Crippen LogP contribution in [-0.4, -0.2) is 0 Å². The molecule has 1 unspecified atom stereocenters. The lowest BCUT2D eigenvalue weighted by Gasteiger charge is -2.24. The summed E-state index contributed by atoms with van der Waals surface area (Å²) in [7, 11) is 0. The highest BCUT2D eigenvalue weighted by Gasteiger charge is 2.15. The van der Waals surface area contributed by atoms with Gasteiger partial charge in [-0.25, -0.2) is 0 Å². The number of rotatable bonds is 5. The Labute approximate surface area is 129 Å². The molecule has 2 aromatic carbocycles. The van der Waals surface area contributed by atoms with Crippen LogP contribution in [0.15, 0.2) is 48.5 Å². The molecule has 0 bridgehead atoms. The first-order valence-corrected chi connectivity index (χ1v) is 7.95. The average Bonchev–Trinajstić information content (AvgIpc) is 2.47. The minimum absolute atomic E-state index is 0.309. The molecule has 0 aromatic heterocycles. The van der Waals surface area contributed by atoms with Gasteiger partial charge in [0.05, 0.1) is 0 Å². The third kappa shape index (κ3) is 3.66. The van der Waals surface area contributed by atoms with Gasteiger partial charge >= 0.3 is 0 Å². The second-order valence-electron chi connectivity index (χ2n) is 6.40. The Morgan fingerprint density at radius 2 is 1.19 bits per heavy atom. The molecule has 1 nitrogen and oxygen atoms in total. The Hall–Kier alpha value is -1.76. The summed E-state index contributed by atoms with van der Waals surface area (Å²) in [6.07, 6.45) is 0. The molecule has 0 heterocycles. The highest BCUT2D eigenvalue weighted by atomic mass is 14.9. The van der Waals surface area contributed by atoms with Crippen molar-refractivity contribution in [1.29, 1.82) is 0 Å². The fourth-order valence-corrected chi connectivity index (χ4v) is 2.76. The molecule has 2 rings (SSSR count). The van der Waals surface area contributed by atoms with Gasteiger partial charge in [0.15, 0.2) is 0 Å². The molecule has 21 heavy (non-hydrogen) atoms. The molecule has 0 aliphatic rings. The molecule has 0 spiro atoms. The molecule has 1 atom stereocenters. The minimum atomic E-state index is 0.309. The molecule has 0 aliphatic heterocycles. The highest BCUT2D eigenvalue weighted by molar-refractivity contribution is 5.61. The van der Waals surface area contributed by atoms with E-state index < -0.39 is 0 Å². The summed E-state index contributed by atoms with van der Waals surface area (Å²) in [5.41, 5.74) is 5.46. The molecule has 2 aromatic rings. The molecule has 112 valence electrons. The number of anilines is 1. The van der Waals surface area contributed by atoms with Crippen LogP contribution in [-0.2, 0) is 0 Å². The summed E-state index contributed by atoms with van der Waals surface area (Å²) in [6.45, 7) is 11.3. The lowest BCUT2D eigenvalue weighted by molar-refractivity contribution is 0.811. The van der Waals surface area contributed by atoms with Crippen LogP contribution in [0.5, 0.6) is 0 Å². The first kappa shape index (κ1) is 15.6. The molecule has 1 N–H and O–H groups in total. The van der Waals surface area contributed by atoms with E-state index in [1.807, 2.05) is 0 Å². The third-order valence-electron chi connectivity index (χ3n) is 4.03. The van der Waals surface area contributed by atoms with Gasteiger partial charge in [-0.15, -0.1) is 0 Å². The predicted molar refractivity (Wildman–Crippen MR) is 93.1 cm³/mol. The maximum atomic E-state index is 3.76. The zero-order chi connectivity index (χ0) is 15.4. The van der Waals surface area contributed by atoms with Crippen molar-refractivity contribution in [2.45, 2.75) is 52.5 Å². The van der Waals surface area contributed by atoms with Crippen LogP contribution in [0, 0.1) is 0 Å². The van der Waals surface area contributed by atoms with E-state index in [-0.39, 0.29) is 0 Å². The zero-order valence-electron chi connectivity index (χ0n) is 13.9. The van der Waals surface area contributed by atoms with E-state index >= 15 is 0 Å². The number of para-hydroxylation sites is 1. The van der Waals surface area contributed by atoms with Gasteiger partial charge in [0.1, 0.15) is 0 Å². The van der Waals surface area contributed by atoms with E-state index in [1.54, 1.807) is 0 Å². The highest BCUT2D eigenvalue weighted by Crippen LogP contribution is 2.34. The average molecular weight is 281 g/mol. The van der Waals surface area contributed by atoms with Crippen LogP contribution in [0.25, 0.3) is 0 Å². The topological polar surface area (TPSA) is 12.0 Å². The van der Waals surface area contributed by atoms with Crippen molar-refractivity contribution >= 4 is 5.69 Å². The molecular formula is C20H27N. The Kier molecular flexibility index (Phi) is 5.06. The summed E-state index contributed by atoms with van der Waals surface area (Å²) in [6, 6.07) is 17.6. The maximum absolute atomic E-state index is 3.76. The van der Waals surface area contributed by atoms with E-state index in [0.29, 0.717) is 17.9 Å². The maximum Gasteiger partial charge on any atom is 0.0485 e. The van der Waals surface area contributed by atoms with E-state index in [1.165, 1.54) is 22.4 Å². The van der Waals surface area contributed by atoms with E-state index in [9.17, 15) is 0 Å². The SMILES string of the molecule is CC(C)c1cccc(C(C)C)c1NC(C)c1ccccc1. The smallest absolute Gasteiger partial charge is 0.0485 e. The quantitative estimate of drug-likeness (QED) is 0.697. The van der Waals surface area contributed by atoms with E-state index in [4.69, 9.17) is 0 Å². The van der Waals surface area contributed by atoms with Gasteiger partial charge in [-0.05, 0) is 35.4 Å². The number of hydrogen-bond acceptors (Lipinski definition) is 1. The van der Waals surface area contributed by atoms with Gasteiger partial charge < -0.3 is 5.32 Å². The molecular weight excluding hydrogens is 254 g/mol. The van der Waals surface area contributed by atoms with Crippen molar-refractivity contribution in [3.05, 3.63) is 65.2 Å². The Balaban J connectivity index is 2.38. The number of benzene rings is 2.